The molecule has 0 bridgehead atoms. The van der Waals surface area contributed by atoms with Gasteiger partial charge in [-0.3, -0.25) is 4.99 Å². The molecule has 0 saturated heterocycles. The Morgan fingerprint density at radius 1 is 0.600 bits per heavy atom. The van der Waals surface area contributed by atoms with E-state index < -0.39 is 0 Å². The summed E-state index contributed by atoms with van der Waals surface area (Å²) in [6, 6.07) is 47.7. The largest absolute Gasteiger partial charge is 0.275 e. The van der Waals surface area contributed by atoms with Gasteiger partial charge in [-0.15, -0.1) is 11.3 Å². The van der Waals surface area contributed by atoms with Crippen molar-refractivity contribution >= 4 is 59.5 Å². The van der Waals surface area contributed by atoms with Crippen LogP contribution in [0.15, 0.2) is 145 Å². The van der Waals surface area contributed by atoms with E-state index in [1.807, 2.05) is 30.3 Å². The van der Waals surface area contributed by atoms with Crippen LogP contribution < -0.4 is 0 Å². The zero-order valence-electron chi connectivity index (χ0n) is 25.1. The second-order valence-corrected chi connectivity index (χ2v) is 12.7. The van der Waals surface area contributed by atoms with Crippen molar-refractivity contribution in [2.24, 2.45) is 4.99 Å². The van der Waals surface area contributed by atoms with Gasteiger partial charge in [0.1, 0.15) is 5.82 Å². The Labute approximate surface area is 265 Å². The summed E-state index contributed by atoms with van der Waals surface area (Å²) in [5.41, 5.74) is 5.92. The minimum Gasteiger partial charge on any atom is -0.275 e. The average molecular weight is 600 g/mol. The molecule has 0 aliphatic rings. The molecule has 0 spiro atoms. The van der Waals surface area contributed by atoms with Crippen LogP contribution in [0.1, 0.15) is 34.5 Å². The second kappa shape index (κ2) is 11.1. The molecule has 7 aromatic carbocycles. The quantitative estimate of drug-likeness (QED) is 0.138. The first kappa shape index (κ1) is 27.4. The highest BCUT2D eigenvalue weighted by atomic mass is 32.1. The molecule has 0 saturated carbocycles. The van der Waals surface area contributed by atoms with Crippen molar-refractivity contribution in [2.45, 2.75) is 19.9 Å². The summed E-state index contributed by atoms with van der Waals surface area (Å²) in [5.74, 6) is -0.210. The number of nitrogens with zero attached hydrogens (tertiary/aromatic N) is 1. The molecular weight excluding hydrogens is 570 g/mol. The Balaban J connectivity index is 1.30. The van der Waals surface area contributed by atoms with Crippen molar-refractivity contribution in [3.63, 3.8) is 0 Å². The predicted octanol–water partition coefficient (Wildman–Crippen LogP) is 12.1. The minimum absolute atomic E-state index is 0.000760. The van der Waals surface area contributed by atoms with Crippen molar-refractivity contribution in [1.82, 2.24) is 0 Å². The molecule has 0 aliphatic carbocycles. The van der Waals surface area contributed by atoms with Crippen LogP contribution in [0.3, 0.4) is 0 Å². The van der Waals surface area contributed by atoms with Crippen LogP contribution >= 0.6 is 11.3 Å². The standard InChI is InChI=1S/C42H30FNS/c1-26-35-23-30(36-24-37-33-19-11-9-17-31(33)32-18-10-12-20-34(32)38(37)25-39(36)43)21-22-40(35)45-42(26)41(29-15-7-4-8-16-29)44-27(2)28-13-5-3-6-14-28/h3-25,27H,1-2H3. The van der Waals surface area contributed by atoms with E-state index in [9.17, 15) is 0 Å². The maximum atomic E-state index is 16.1. The van der Waals surface area contributed by atoms with Gasteiger partial charge in [0.15, 0.2) is 0 Å². The van der Waals surface area contributed by atoms with Crippen LogP contribution in [-0.4, -0.2) is 5.71 Å². The highest BCUT2D eigenvalue weighted by molar-refractivity contribution is 7.21. The van der Waals surface area contributed by atoms with Crippen LogP contribution in [0.2, 0.25) is 0 Å². The van der Waals surface area contributed by atoms with Crippen molar-refractivity contribution < 1.29 is 4.39 Å². The van der Waals surface area contributed by atoms with Gasteiger partial charge in [0.2, 0.25) is 0 Å². The SMILES string of the molecule is Cc1c(C(=NC(C)c2ccccc2)c2ccccc2)sc2ccc(-c3cc4c5ccccc5c5ccccc5c4cc3F)cc12. The molecule has 0 radical (unpaired) electrons. The molecule has 216 valence electrons. The summed E-state index contributed by atoms with van der Waals surface area (Å²) >= 11 is 1.75. The van der Waals surface area contributed by atoms with E-state index in [0.29, 0.717) is 5.56 Å². The molecule has 8 rings (SSSR count). The Morgan fingerprint density at radius 2 is 1.16 bits per heavy atom. The van der Waals surface area contributed by atoms with Crippen molar-refractivity contribution in [2.75, 3.05) is 0 Å². The predicted molar refractivity (Wildman–Crippen MR) is 191 cm³/mol. The highest BCUT2D eigenvalue weighted by Gasteiger charge is 2.19. The third-order valence-corrected chi connectivity index (χ3v) is 10.2. The Hall–Kier alpha value is -5.12. The van der Waals surface area contributed by atoms with E-state index in [0.717, 1.165) is 59.6 Å². The van der Waals surface area contributed by atoms with Crippen LogP contribution in [0, 0.1) is 12.7 Å². The zero-order chi connectivity index (χ0) is 30.5. The molecule has 1 nitrogen and oxygen atoms in total. The number of hydrogen-bond donors (Lipinski definition) is 0. The Morgan fingerprint density at radius 3 is 1.80 bits per heavy atom. The van der Waals surface area contributed by atoms with E-state index in [4.69, 9.17) is 4.99 Å². The zero-order valence-corrected chi connectivity index (χ0v) is 25.9. The lowest BCUT2D eigenvalue weighted by Gasteiger charge is -2.13. The number of thiophene rings is 1. The first-order valence-electron chi connectivity index (χ1n) is 15.3. The fourth-order valence-electron chi connectivity index (χ4n) is 6.62. The van der Waals surface area contributed by atoms with Gasteiger partial charge in [0, 0.05) is 15.8 Å². The topological polar surface area (TPSA) is 12.4 Å². The third kappa shape index (κ3) is 4.72. The van der Waals surface area contributed by atoms with E-state index >= 15 is 4.39 Å². The summed E-state index contributed by atoms with van der Waals surface area (Å²) in [5, 5.41) is 7.68. The molecule has 45 heavy (non-hydrogen) atoms. The van der Waals surface area contributed by atoms with E-state index in [-0.39, 0.29) is 11.9 Å². The van der Waals surface area contributed by atoms with Crippen LogP contribution in [0.5, 0.6) is 0 Å². The highest BCUT2D eigenvalue weighted by Crippen LogP contribution is 2.40. The number of halogens is 1. The van der Waals surface area contributed by atoms with Gasteiger partial charge in [0.25, 0.3) is 0 Å². The van der Waals surface area contributed by atoms with Gasteiger partial charge in [-0.1, -0.05) is 115 Å². The van der Waals surface area contributed by atoms with E-state index in [1.165, 1.54) is 15.6 Å². The Bertz CT molecular complexity index is 2400. The van der Waals surface area contributed by atoms with Gasteiger partial charge in [-0.05, 0) is 92.5 Å². The molecule has 8 aromatic rings. The smallest absolute Gasteiger partial charge is 0.131 e. The fourth-order valence-corrected chi connectivity index (χ4v) is 7.83. The van der Waals surface area contributed by atoms with E-state index in [1.54, 1.807) is 17.4 Å². The molecule has 1 heterocycles. The van der Waals surface area contributed by atoms with E-state index in [2.05, 4.69) is 117 Å². The van der Waals surface area contributed by atoms with Crippen LogP contribution in [0.4, 0.5) is 4.39 Å². The van der Waals surface area contributed by atoms with Gasteiger partial charge < -0.3 is 0 Å². The summed E-state index contributed by atoms with van der Waals surface area (Å²) in [6.07, 6.45) is 0. The molecule has 0 amide bonds. The lowest BCUT2D eigenvalue weighted by molar-refractivity contribution is 0.633. The lowest BCUT2D eigenvalue weighted by atomic mass is 9.91. The van der Waals surface area contributed by atoms with Gasteiger partial charge in [-0.25, -0.2) is 4.39 Å². The average Bonchev–Trinajstić information content (AvgIpc) is 3.42. The molecule has 1 aromatic heterocycles. The van der Waals surface area contributed by atoms with Crippen molar-refractivity contribution in [3.05, 3.63) is 167 Å². The summed E-state index contributed by atoms with van der Waals surface area (Å²) in [4.78, 5) is 6.44. The number of rotatable bonds is 5. The molecule has 1 unspecified atom stereocenters. The first-order valence-corrected chi connectivity index (χ1v) is 16.1. The number of benzene rings is 7. The molecule has 0 fully saturated rings. The molecule has 3 heteroatoms. The maximum absolute atomic E-state index is 16.1. The molecule has 1 atom stereocenters. The first-order chi connectivity index (χ1) is 22.1. The maximum Gasteiger partial charge on any atom is 0.131 e. The summed E-state index contributed by atoms with van der Waals surface area (Å²) < 4.78 is 17.2. The van der Waals surface area contributed by atoms with Gasteiger partial charge in [-0.2, -0.15) is 0 Å². The number of aryl methyl sites for hydroxylation is 1. The molecule has 0 N–H and O–H groups in total. The summed E-state index contributed by atoms with van der Waals surface area (Å²) in [6.45, 7) is 4.31. The second-order valence-electron chi connectivity index (χ2n) is 11.7. The summed E-state index contributed by atoms with van der Waals surface area (Å²) in [7, 11) is 0. The van der Waals surface area contributed by atoms with Crippen molar-refractivity contribution in [1.29, 1.82) is 0 Å². The molecular formula is C42H30FNS. The Kier molecular flexibility index (Phi) is 6.77. The minimum atomic E-state index is -0.210. The lowest BCUT2D eigenvalue weighted by Crippen LogP contribution is -2.05. The van der Waals surface area contributed by atoms with Crippen LogP contribution in [-0.2, 0) is 0 Å². The number of fused-ring (bicyclic) bond motifs is 7. The molecule has 0 aliphatic heterocycles. The van der Waals surface area contributed by atoms with Crippen molar-refractivity contribution in [3.8, 4) is 11.1 Å². The fraction of sp³-hybridized carbons (Fsp3) is 0.0714. The third-order valence-electron chi connectivity index (χ3n) is 8.95. The normalized spacial score (nSPS) is 12.8. The van der Waals surface area contributed by atoms with Gasteiger partial charge in [0.05, 0.1) is 16.6 Å². The monoisotopic (exact) mass is 599 g/mol. The van der Waals surface area contributed by atoms with Crippen LogP contribution in [0.25, 0.3) is 53.5 Å². The number of hydrogen-bond acceptors (Lipinski definition) is 2. The number of aliphatic imine (C=N–C) groups is 1. The van der Waals surface area contributed by atoms with Gasteiger partial charge >= 0.3 is 0 Å².